The van der Waals surface area contributed by atoms with Gasteiger partial charge in [0.2, 0.25) is 0 Å². The number of nitrogens with zero attached hydrogens (tertiary/aromatic N) is 3. The number of aliphatic hydroxyl groups is 1. The Morgan fingerprint density at radius 3 is 2.61 bits per heavy atom. The molecule has 9 nitrogen and oxygen atoms in total. The number of carbonyl (C=O) groups excluding carboxylic acids is 2. The third-order valence-electron chi connectivity index (χ3n) is 5.66. The molecule has 4 aromatic rings. The van der Waals surface area contributed by atoms with Crippen molar-refractivity contribution in [2.24, 2.45) is 0 Å². The molecule has 1 saturated heterocycles. The largest absolute Gasteiger partial charge is 0.507 e. The van der Waals surface area contributed by atoms with Crippen molar-refractivity contribution in [3.05, 3.63) is 89.0 Å². The van der Waals surface area contributed by atoms with Gasteiger partial charge in [0.15, 0.2) is 5.13 Å². The van der Waals surface area contributed by atoms with Gasteiger partial charge in [0.25, 0.3) is 5.78 Å². The van der Waals surface area contributed by atoms with E-state index in [1.165, 1.54) is 37.6 Å². The van der Waals surface area contributed by atoms with E-state index in [1.807, 2.05) is 0 Å². The van der Waals surface area contributed by atoms with Crippen molar-refractivity contribution in [2.75, 3.05) is 12.0 Å². The number of ether oxygens (including phenoxy) is 1. The van der Waals surface area contributed by atoms with Gasteiger partial charge in [-0.05, 0) is 48.5 Å². The minimum atomic E-state index is -1.18. The molecule has 0 saturated carbocycles. The standard InChI is InChI=1S/C25H16FN3O6S/c1-35-17-8-6-13(26)11-14(17)21(30)19-20(16-4-2-3-9-27-16)29(23(32)22(19)31)25-28-15-7-5-12(24(33)34)10-18(15)36-25/h2-11,20,30H,1H3,(H,33,34)/b21-19+. The molecule has 0 spiro atoms. The fourth-order valence-corrected chi connectivity index (χ4v) is 5.04. The zero-order chi connectivity index (χ0) is 25.6. The summed E-state index contributed by atoms with van der Waals surface area (Å²) in [6.07, 6.45) is 1.47. The molecule has 1 fully saturated rings. The number of carboxylic acids is 1. The van der Waals surface area contributed by atoms with Crippen molar-refractivity contribution in [1.82, 2.24) is 9.97 Å². The molecule has 36 heavy (non-hydrogen) atoms. The minimum Gasteiger partial charge on any atom is -0.507 e. The monoisotopic (exact) mass is 505 g/mol. The number of hydrogen-bond donors (Lipinski definition) is 2. The lowest BCUT2D eigenvalue weighted by Crippen LogP contribution is -2.29. The van der Waals surface area contributed by atoms with Crippen molar-refractivity contribution < 1.29 is 33.7 Å². The second kappa shape index (κ2) is 8.86. The number of pyridine rings is 1. The quantitative estimate of drug-likeness (QED) is 0.235. The lowest BCUT2D eigenvalue weighted by molar-refractivity contribution is -0.132. The molecule has 0 radical (unpaired) electrons. The third kappa shape index (κ3) is 3.75. The Labute approximate surface area is 206 Å². The van der Waals surface area contributed by atoms with Crippen LogP contribution < -0.4 is 9.64 Å². The number of halogens is 1. The number of carbonyl (C=O) groups is 3. The first-order valence-electron chi connectivity index (χ1n) is 10.5. The third-order valence-corrected chi connectivity index (χ3v) is 6.68. The van der Waals surface area contributed by atoms with Crippen molar-refractivity contribution in [1.29, 1.82) is 0 Å². The topological polar surface area (TPSA) is 130 Å². The molecule has 2 aromatic carbocycles. The molecule has 2 aromatic heterocycles. The maximum absolute atomic E-state index is 14.1. The van der Waals surface area contributed by atoms with Crippen LogP contribution in [0.3, 0.4) is 0 Å². The summed E-state index contributed by atoms with van der Waals surface area (Å²) in [5.74, 6) is -4.32. The van der Waals surface area contributed by atoms with Crippen LogP contribution in [0.25, 0.3) is 16.0 Å². The number of thiazole rings is 1. The average Bonchev–Trinajstić information content (AvgIpc) is 3.41. The number of Topliss-reactive ketones (excluding diaryl/α,β-unsaturated/α-hetero) is 1. The van der Waals surface area contributed by atoms with E-state index >= 15 is 0 Å². The summed E-state index contributed by atoms with van der Waals surface area (Å²) in [7, 11) is 1.32. The Morgan fingerprint density at radius 2 is 1.92 bits per heavy atom. The van der Waals surface area contributed by atoms with Gasteiger partial charge in [-0.1, -0.05) is 17.4 Å². The summed E-state index contributed by atoms with van der Waals surface area (Å²) in [4.78, 5) is 47.7. The second-order valence-corrected chi connectivity index (χ2v) is 8.76. The van der Waals surface area contributed by atoms with E-state index in [4.69, 9.17) is 4.74 Å². The first-order chi connectivity index (χ1) is 17.3. The van der Waals surface area contributed by atoms with E-state index in [1.54, 1.807) is 18.2 Å². The molecule has 1 unspecified atom stereocenters. The molecule has 1 aliphatic rings. The summed E-state index contributed by atoms with van der Waals surface area (Å²) in [6.45, 7) is 0. The van der Waals surface area contributed by atoms with E-state index < -0.39 is 35.3 Å². The number of methoxy groups -OCH3 is 1. The lowest BCUT2D eigenvalue weighted by Gasteiger charge is -2.22. The number of hydrogen-bond acceptors (Lipinski definition) is 8. The van der Waals surface area contributed by atoms with Gasteiger partial charge in [-0.3, -0.25) is 19.5 Å². The zero-order valence-corrected chi connectivity index (χ0v) is 19.3. The SMILES string of the molecule is COc1ccc(F)cc1/C(O)=C1\C(=O)C(=O)N(c2nc3ccc(C(=O)O)cc3s2)C1c1ccccn1. The summed E-state index contributed by atoms with van der Waals surface area (Å²) in [5, 5.41) is 20.6. The van der Waals surface area contributed by atoms with Crippen LogP contribution >= 0.6 is 11.3 Å². The van der Waals surface area contributed by atoms with Gasteiger partial charge < -0.3 is 14.9 Å². The number of amides is 1. The van der Waals surface area contributed by atoms with Crippen LogP contribution in [0.1, 0.15) is 27.7 Å². The van der Waals surface area contributed by atoms with Crippen molar-refractivity contribution >= 4 is 50.1 Å². The molecule has 5 rings (SSSR count). The molecule has 0 bridgehead atoms. The molecule has 1 aliphatic heterocycles. The van der Waals surface area contributed by atoms with Gasteiger partial charge in [0.05, 0.1) is 39.7 Å². The first kappa shape index (κ1) is 23.1. The molecule has 1 atom stereocenters. The van der Waals surface area contributed by atoms with E-state index in [-0.39, 0.29) is 33.3 Å². The van der Waals surface area contributed by atoms with Gasteiger partial charge >= 0.3 is 11.9 Å². The van der Waals surface area contributed by atoms with Crippen LogP contribution in [0.5, 0.6) is 5.75 Å². The second-order valence-electron chi connectivity index (χ2n) is 7.75. The molecule has 2 N–H and O–H groups in total. The average molecular weight is 505 g/mol. The molecule has 3 heterocycles. The van der Waals surface area contributed by atoms with Crippen LogP contribution in [0.4, 0.5) is 9.52 Å². The van der Waals surface area contributed by atoms with Crippen molar-refractivity contribution in [3.63, 3.8) is 0 Å². The summed E-state index contributed by atoms with van der Waals surface area (Å²) in [5.41, 5.74) is 0.312. The summed E-state index contributed by atoms with van der Waals surface area (Å²) < 4.78 is 19.8. The summed E-state index contributed by atoms with van der Waals surface area (Å²) in [6, 6.07) is 11.4. The highest BCUT2D eigenvalue weighted by atomic mass is 32.1. The maximum atomic E-state index is 14.1. The van der Waals surface area contributed by atoms with Crippen molar-refractivity contribution in [2.45, 2.75) is 6.04 Å². The number of aromatic carboxylic acids is 1. The Bertz CT molecular complexity index is 1580. The molecule has 180 valence electrons. The van der Waals surface area contributed by atoms with E-state index in [9.17, 15) is 29.0 Å². The molecular weight excluding hydrogens is 489 g/mol. The Hall–Kier alpha value is -4.64. The van der Waals surface area contributed by atoms with Crippen LogP contribution in [0.2, 0.25) is 0 Å². The van der Waals surface area contributed by atoms with Crippen LogP contribution in [-0.2, 0) is 9.59 Å². The normalized spacial score (nSPS) is 17.1. The lowest BCUT2D eigenvalue weighted by atomic mass is 9.98. The van der Waals surface area contributed by atoms with Crippen molar-refractivity contribution in [3.8, 4) is 5.75 Å². The van der Waals surface area contributed by atoms with Gasteiger partial charge in [-0.15, -0.1) is 0 Å². The number of aliphatic hydroxyl groups excluding tert-OH is 1. The van der Waals surface area contributed by atoms with Crippen LogP contribution in [-0.4, -0.2) is 45.0 Å². The van der Waals surface area contributed by atoms with Gasteiger partial charge in [0, 0.05) is 6.20 Å². The number of fused-ring (bicyclic) bond motifs is 1. The highest BCUT2D eigenvalue weighted by molar-refractivity contribution is 7.22. The predicted octanol–water partition coefficient (Wildman–Crippen LogP) is 4.16. The summed E-state index contributed by atoms with van der Waals surface area (Å²) >= 11 is 1.01. The maximum Gasteiger partial charge on any atom is 0.335 e. The number of ketones is 1. The first-order valence-corrected chi connectivity index (χ1v) is 11.3. The number of aromatic nitrogens is 2. The fraction of sp³-hybridized carbons (Fsp3) is 0.0800. The van der Waals surface area contributed by atoms with Gasteiger partial charge in [0.1, 0.15) is 23.4 Å². The molecule has 11 heteroatoms. The van der Waals surface area contributed by atoms with Gasteiger partial charge in [-0.25, -0.2) is 14.2 Å². The highest BCUT2D eigenvalue weighted by Crippen LogP contribution is 2.44. The Balaban J connectivity index is 1.73. The van der Waals surface area contributed by atoms with Gasteiger partial charge in [-0.2, -0.15) is 0 Å². The minimum absolute atomic E-state index is 0.0410. The fourth-order valence-electron chi connectivity index (χ4n) is 4.01. The highest BCUT2D eigenvalue weighted by Gasteiger charge is 2.49. The molecule has 1 amide bonds. The Morgan fingerprint density at radius 1 is 1.11 bits per heavy atom. The van der Waals surface area contributed by atoms with E-state index in [2.05, 4.69) is 9.97 Å². The predicted molar refractivity (Wildman–Crippen MR) is 129 cm³/mol. The zero-order valence-electron chi connectivity index (χ0n) is 18.5. The van der Waals surface area contributed by atoms with Crippen LogP contribution in [0.15, 0.2) is 66.4 Å². The van der Waals surface area contributed by atoms with Crippen LogP contribution in [0, 0.1) is 5.82 Å². The number of rotatable bonds is 5. The number of anilines is 1. The molecular formula is C25H16FN3O6S. The number of benzene rings is 2. The Kier molecular flexibility index (Phi) is 5.69. The van der Waals surface area contributed by atoms with E-state index in [0.29, 0.717) is 10.2 Å². The molecule has 0 aliphatic carbocycles. The number of carboxylic acid groups (broad SMARTS) is 1. The van der Waals surface area contributed by atoms with E-state index in [0.717, 1.165) is 28.4 Å². The smallest absolute Gasteiger partial charge is 0.335 e.